The zero-order valence-corrected chi connectivity index (χ0v) is 13.8. The quantitative estimate of drug-likeness (QED) is 0.579. The van der Waals surface area contributed by atoms with E-state index in [9.17, 15) is 14.7 Å². The molecule has 1 aliphatic rings. The van der Waals surface area contributed by atoms with Crippen molar-refractivity contribution in [3.63, 3.8) is 0 Å². The molecule has 0 heterocycles. The Labute approximate surface area is 145 Å². The second-order valence-corrected chi connectivity index (χ2v) is 6.03. The highest BCUT2D eigenvalue weighted by Gasteiger charge is 2.29. The number of nitrogens with one attached hydrogen (secondary N) is 2. The van der Waals surface area contributed by atoms with Crippen LogP contribution in [0.3, 0.4) is 0 Å². The zero-order valence-electron chi connectivity index (χ0n) is 13.8. The van der Waals surface area contributed by atoms with Gasteiger partial charge in [0.05, 0.1) is 5.71 Å². The monoisotopic (exact) mass is 337 g/mol. The van der Waals surface area contributed by atoms with Gasteiger partial charge in [0.2, 0.25) is 5.91 Å². The number of aromatic hydroxyl groups is 1. The lowest BCUT2D eigenvalue weighted by molar-refractivity contribution is -0.117. The molecule has 0 spiro atoms. The number of carbonyl (C=O) groups is 2. The molecule has 2 amide bonds. The first-order chi connectivity index (χ1) is 12.0. The van der Waals surface area contributed by atoms with Gasteiger partial charge in [-0.05, 0) is 61.7 Å². The first-order valence-electron chi connectivity index (χ1n) is 8.08. The van der Waals surface area contributed by atoms with E-state index in [0.717, 1.165) is 18.4 Å². The van der Waals surface area contributed by atoms with Gasteiger partial charge in [0.15, 0.2) is 0 Å². The van der Waals surface area contributed by atoms with E-state index in [1.807, 2.05) is 24.3 Å². The fourth-order valence-electron chi connectivity index (χ4n) is 2.29. The van der Waals surface area contributed by atoms with Crippen molar-refractivity contribution in [2.24, 2.45) is 11.0 Å². The summed E-state index contributed by atoms with van der Waals surface area (Å²) in [5, 5.41) is 16.2. The first-order valence-corrected chi connectivity index (χ1v) is 8.08. The molecule has 1 aliphatic carbocycles. The molecule has 3 rings (SSSR count). The molecule has 6 nitrogen and oxygen atoms in total. The van der Waals surface area contributed by atoms with Crippen molar-refractivity contribution in [2.75, 3.05) is 5.32 Å². The summed E-state index contributed by atoms with van der Waals surface area (Å²) in [6, 6.07) is 13.3. The lowest BCUT2D eigenvalue weighted by Gasteiger charge is -2.07. The summed E-state index contributed by atoms with van der Waals surface area (Å²) < 4.78 is 0. The smallest absolute Gasteiger partial charge is 0.271 e. The van der Waals surface area contributed by atoms with Crippen LogP contribution in [0.15, 0.2) is 53.6 Å². The number of hydrazone groups is 1. The van der Waals surface area contributed by atoms with Crippen molar-refractivity contribution in [1.82, 2.24) is 5.43 Å². The molecular formula is C19H19N3O3. The van der Waals surface area contributed by atoms with E-state index in [0.29, 0.717) is 17.0 Å². The minimum Gasteiger partial charge on any atom is -0.508 e. The average molecular weight is 337 g/mol. The summed E-state index contributed by atoms with van der Waals surface area (Å²) in [4.78, 5) is 23.9. The third-order valence-electron chi connectivity index (χ3n) is 3.95. The van der Waals surface area contributed by atoms with E-state index in [1.54, 1.807) is 6.92 Å². The summed E-state index contributed by atoms with van der Waals surface area (Å²) >= 11 is 0. The maximum atomic E-state index is 12.0. The molecule has 2 aromatic carbocycles. The molecule has 6 heteroatoms. The number of hydrogen-bond acceptors (Lipinski definition) is 4. The Morgan fingerprint density at radius 1 is 1.08 bits per heavy atom. The average Bonchev–Trinajstić information content (AvgIpc) is 3.45. The summed E-state index contributed by atoms with van der Waals surface area (Å²) in [6.07, 6.45) is 1.91. The van der Waals surface area contributed by atoms with Crippen LogP contribution in [0.4, 0.5) is 5.69 Å². The molecule has 0 atom stereocenters. The van der Waals surface area contributed by atoms with Crippen LogP contribution < -0.4 is 10.7 Å². The predicted octanol–water partition coefficient (Wildman–Crippen LogP) is 2.89. The molecule has 0 unspecified atom stereocenters. The largest absolute Gasteiger partial charge is 0.508 e. The van der Waals surface area contributed by atoms with Gasteiger partial charge >= 0.3 is 0 Å². The van der Waals surface area contributed by atoms with Crippen molar-refractivity contribution in [2.45, 2.75) is 19.8 Å². The Balaban J connectivity index is 1.66. The number of carbonyl (C=O) groups excluding carboxylic acids is 2. The summed E-state index contributed by atoms with van der Waals surface area (Å²) in [5.74, 6) is -0.0748. The third kappa shape index (κ3) is 4.44. The van der Waals surface area contributed by atoms with Crippen molar-refractivity contribution >= 4 is 23.2 Å². The first kappa shape index (κ1) is 16.7. The topological polar surface area (TPSA) is 90.8 Å². The third-order valence-corrected chi connectivity index (χ3v) is 3.95. The summed E-state index contributed by atoms with van der Waals surface area (Å²) in [6.45, 7) is 1.78. The number of anilines is 1. The standard InChI is InChI=1S/C19H19N3O3/c1-12(21-22-19(25)14-7-9-17(23)10-8-14)15-3-2-4-16(11-15)20-18(24)13-5-6-13/h2-4,7-11,13,23H,5-6H2,1H3,(H,20,24)(H,22,25)/b21-12-. The molecule has 3 N–H and O–H groups in total. The predicted molar refractivity (Wildman–Crippen MR) is 95.6 cm³/mol. The highest BCUT2D eigenvalue weighted by molar-refractivity contribution is 6.02. The Morgan fingerprint density at radius 3 is 2.48 bits per heavy atom. The summed E-state index contributed by atoms with van der Waals surface area (Å²) in [7, 11) is 0. The summed E-state index contributed by atoms with van der Waals surface area (Å²) in [5.41, 5.74) is 5.03. The molecule has 1 saturated carbocycles. The van der Waals surface area contributed by atoms with Crippen molar-refractivity contribution in [1.29, 1.82) is 0 Å². The van der Waals surface area contributed by atoms with E-state index in [2.05, 4.69) is 15.8 Å². The molecule has 25 heavy (non-hydrogen) atoms. The molecule has 128 valence electrons. The normalized spacial score (nSPS) is 14.0. The van der Waals surface area contributed by atoms with Crippen LogP contribution in [-0.2, 0) is 4.79 Å². The molecule has 1 fully saturated rings. The van der Waals surface area contributed by atoms with Gasteiger partial charge in [0.25, 0.3) is 5.91 Å². The van der Waals surface area contributed by atoms with Crippen LogP contribution in [-0.4, -0.2) is 22.6 Å². The van der Waals surface area contributed by atoms with Gasteiger partial charge in [0.1, 0.15) is 5.75 Å². The lowest BCUT2D eigenvalue weighted by Crippen LogP contribution is -2.19. The molecule has 0 radical (unpaired) electrons. The van der Waals surface area contributed by atoms with Gasteiger partial charge in [0, 0.05) is 17.2 Å². The molecule has 0 bridgehead atoms. The number of benzene rings is 2. The number of amides is 2. The Bertz CT molecular complexity index is 824. The van der Waals surface area contributed by atoms with Crippen molar-refractivity contribution < 1.29 is 14.7 Å². The van der Waals surface area contributed by atoms with E-state index < -0.39 is 0 Å². The van der Waals surface area contributed by atoms with Gasteiger partial charge in [-0.25, -0.2) is 5.43 Å². The van der Waals surface area contributed by atoms with Crippen molar-refractivity contribution in [3.8, 4) is 5.75 Å². The SMILES string of the molecule is C/C(=N/NC(=O)c1ccc(O)cc1)c1cccc(NC(=O)C2CC2)c1. The van der Waals surface area contributed by atoms with Crippen LogP contribution in [0.5, 0.6) is 5.75 Å². The molecule has 0 saturated heterocycles. The maximum Gasteiger partial charge on any atom is 0.271 e. The fourth-order valence-corrected chi connectivity index (χ4v) is 2.29. The number of nitrogens with zero attached hydrogens (tertiary/aromatic N) is 1. The van der Waals surface area contributed by atoms with Crippen molar-refractivity contribution in [3.05, 3.63) is 59.7 Å². The van der Waals surface area contributed by atoms with Crippen LogP contribution in [0.1, 0.15) is 35.7 Å². The van der Waals surface area contributed by atoms with Gasteiger partial charge < -0.3 is 10.4 Å². The number of phenolic OH excluding ortho intramolecular Hbond substituents is 1. The van der Waals surface area contributed by atoms with Crippen LogP contribution in [0.25, 0.3) is 0 Å². The second kappa shape index (κ2) is 7.17. The molecule has 2 aromatic rings. The van der Waals surface area contributed by atoms with Crippen LogP contribution in [0, 0.1) is 5.92 Å². The number of phenols is 1. The van der Waals surface area contributed by atoms with E-state index >= 15 is 0 Å². The molecule has 0 aliphatic heterocycles. The van der Waals surface area contributed by atoms with E-state index in [-0.39, 0.29) is 23.5 Å². The second-order valence-electron chi connectivity index (χ2n) is 6.03. The van der Waals surface area contributed by atoms with Gasteiger partial charge in [-0.1, -0.05) is 12.1 Å². The highest BCUT2D eigenvalue weighted by Crippen LogP contribution is 2.30. The number of rotatable bonds is 5. The van der Waals surface area contributed by atoms with Crippen LogP contribution >= 0.6 is 0 Å². The Morgan fingerprint density at radius 2 is 1.80 bits per heavy atom. The lowest BCUT2D eigenvalue weighted by atomic mass is 10.1. The van der Waals surface area contributed by atoms with Gasteiger partial charge in [-0.3, -0.25) is 9.59 Å². The number of hydrogen-bond donors (Lipinski definition) is 3. The molecule has 0 aromatic heterocycles. The van der Waals surface area contributed by atoms with E-state index in [1.165, 1.54) is 24.3 Å². The van der Waals surface area contributed by atoms with Crippen LogP contribution in [0.2, 0.25) is 0 Å². The molecular weight excluding hydrogens is 318 g/mol. The van der Waals surface area contributed by atoms with E-state index in [4.69, 9.17) is 0 Å². The van der Waals surface area contributed by atoms with Gasteiger partial charge in [-0.2, -0.15) is 5.10 Å². The fraction of sp³-hybridized carbons (Fsp3) is 0.211. The highest BCUT2D eigenvalue weighted by atomic mass is 16.3. The minimum atomic E-state index is -0.363. The van der Waals surface area contributed by atoms with Gasteiger partial charge in [-0.15, -0.1) is 0 Å². The Hall–Kier alpha value is -3.15. The minimum absolute atomic E-state index is 0.0485. The maximum absolute atomic E-state index is 12.0. The Kier molecular flexibility index (Phi) is 4.79. The zero-order chi connectivity index (χ0) is 17.8.